The fourth-order valence-electron chi connectivity index (χ4n) is 3.00. The fraction of sp³-hybridized carbons (Fsp3) is 0.222. The van der Waals surface area contributed by atoms with Crippen LogP contribution in [0.3, 0.4) is 0 Å². The third-order valence-corrected chi connectivity index (χ3v) is 4.33. The van der Waals surface area contributed by atoms with E-state index in [1.54, 1.807) is 41.3 Å². The van der Waals surface area contributed by atoms with Gasteiger partial charge >= 0.3 is 0 Å². The van der Waals surface area contributed by atoms with Crippen molar-refractivity contribution in [1.29, 1.82) is 0 Å². The van der Waals surface area contributed by atoms with Gasteiger partial charge in [-0.25, -0.2) is 0 Å². The van der Waals surface area contributed by atoms with E-state index in [0.29, 0.717) is 22.9 Å². The summed E-state index contributed by atoms with van der Waals surface area (Å²) >= 11 is 0. The zero-order valence-electron chi connectivity index (χ0n) is 13.3. The highest BCUT2D eigenvalue weighted by molar-refractivity contribution is 6.04. The van der Waals surface area contributed by atoms with Crippen molar-refractivity contribution in [2.24, 2.45) is 5.92 Å². The number of carbonyl (C=O) groups excluding carboxylic acids is 2. The van der Waals surface area contributed by atoms with Gasteiger partial charge in [-0.3, -0.25) is 9.59 Å². The fourth-order valence-corrected chi connectivity index (χ4v) is 3.00. The summed E-state index contributed by atoms with van der Waals surface area (Å²) in [6.45, 7) is 0.441. The second-order valence-electron chi connectivity index (χ2n) is 5.95. The first-order valence-corrected chi connectivity index (χ1v) is 7.91. The van der Waals surface area contributed by atoms with Gasteiger partial charge in [0.2, 0.25) is 18.6 Å². The summed E-state index contributed by atoms with van der Waals surface area (Å²) in [5.41, 5.74) is 1.01. The Morgan fingerprint density at radius 1 is 1.16 bits per heavy atom. The molecule has 1 saturated heterocycles. The number of hydrogen-bond donors (Lipinski definition) is 2. The van der Waals surface area contributed by atoms with Crippen molar-refractivity contribution < 1.29 is 24.2 Å². The van der Waals surface area contributed by atoms with E-state index in [-0.39, 0.29) is 37.3 Å². The Balaban J connectivity index is 1.48. The maximum absolute atomic E-state index is 12.4. The summed E-state index contributed by atoms with van der Waals surface area (Å²) in [7, 11) is 0. The molecule has 2 N–H and O–H groups in total. The van der Waals surface area contributed by atoms with Crippen LogP contribution < -0.4 is 19.7 Å². The number of carbonyl (C=O) groups is 2. The van der Waals surface area contributed by atoms with Crippen LogP contribution >= 0.6 is 0 Å². The van der Waals surface area contributed by atoms with Crippen molar-refractivity contribution >= 4 is 23.2 Å². The summed E-state index contributed by atoms with van der Waals surface area (Å²) in [4.78, 5) is 26.3. The number of phenols is 1. The van der Waals surface area contributed by atoms with Crippen LogP contribution in [0.15, 0.2) is 42.5 Å². The number of fused-ring (bicyclic) bond motifs is 1. The Bertz CT molecular complexity index is 851. The highest BCUT2D eigenvalue weighted by Gasteiger charge is 2.36. The molecule has 0 bridgehead atoms. The molecular weight excluding hydrogens is 324 g/mol. The molecule has 2 aromatic carbocycles. The number of anilines is 2. The molecule has 0 aromatic heterocycles. The molecule has 0 aliphatic carbocycles. The number of phenolic OH excluding ortho intramolecular Hbond substituents is 1. The predicted molar refractivity (Wildman–Crippen MR) is 89.8 cm³/mol. The van der Waals surface area contributed by atoms with Crippen LogP contribution in [-0.2, 0) is 9.59 Å². The standard InChI is InChI=1S/C18H16N2O5/c21-14-4-2-1-3-13(14)19-18(23)11-7-17(22)20(9-11)12-5-6-15-16(8-12)25-10-24-15/h1-6,8,11,21H,7,9-10H2,(H,19,23)/t11-/m1/s1. The number of nitrogens with one attached hydrogen (secondary N) is 1. The summed E-state index contributed by atoms with van der Waals surface area (Å²) < 4.78 is 10.6. The molecule has 1 atom stereocenters. The van der Waals surface area contributed by atoms with Crippen LogP contribution in [0.1, 0.15) is 6.42 Å². The second-order valence-corrected chi connectivity index (χ2v) is 5.95. The monoisotopic (exact) mass is 340 g/mol. The number of ether oxygens (including phenoxy) is 2. The molecule has 25 heavy (non-hydrogen) atoms. The SMILES string of the molecule is O=C(Nc1ccccc1O)[C@@H]1CC(=O)N(c2ccc3c(c2)OCO3)C1. The Labute approximate surface area is 143 Å². The average molecular weight is 340 g/mol. The predicted octanol–water partition coefficient (Wildman–Crippen LogP) is 2.11. The van der Waals surface area contributed by atoms with E-state index < -0.39 is 5.92 Å². The molecule has 0 unspecified atom stereocenters. The molecule has 0 spiro atoms. The van der Waals surface area contributed by atoms with Crippen LogP contribution in [0.4, 0.5) is 11.4 Å². The molecule has 1 fully saturated rings. The van der Waals surface area contributed by atoms with E-state index in [1.807, 2.05) is 0 Å². The molecule has 2 heterocycles. The van der Waals surface area contributed by atoms with Crippen molar-refractivity contribution in [1.82, 2.24) is 0 Å². The molecule has 128 valence electrons. The Morgan fingerprint density at radius 2 is 1.96 bits per heavy atom. The van der Waals surface area contributed by atoms with Crippen LogP contribution in [0.5, 0.6) is 17.2 Å². The minimum atomic E-state index is -0.488. The van der Waals surface area contributed by atoms with E-state index in [1.165, 1.54) is 6.07 Å². The van der Waals surface area contributed by atoms with Crippen molar-refractivity contribution in [2.45, 2.75) is 6.42 Å². The number of hydrogen-bond acceptors (Lipinski definition) is 5. The van der Waals surface area contributed by atoms with Crippen LogP contribution in [0.2, 0.25) is 0 Å². The van der Waals surface area contributed by atoms with Gasteiger partial charge in [0, 0.05) is 24.7 Å². The van der Waals surface area contributed by atoms with Gasteiger partial charge in [0.1, 0.15) is 5.75 Å². The molecule has 0 radical (unpaired) electrons. The lowest BCUT2D eigenvalue weighted by Crippen LogP contribution is -2.28. The summed E-state index contributed by atoms with van der Waals surface area (Å²) in [5.74, 6) is 0.316. The molecule has 0 saturated carbocycles. The molecule has 7 heteroatoms. The molecule has 2 aliphatic heterocycles. The maximum Gasteiger partial charge on any atom is 0.231 e. The minimum Gasteiger partial charge on any atom is -0.506 e. The highest BCUT2D eigenvalue weighted by Crippen LogP contribution is 2.37. The topological polar surface area (TPSA) is 88.1 Å². The third-order valence-electron chi connectivity index (χ3n) is 4.33. The quantitative estimate of drug-likeness (QED) is 0.836. The van der Waals surface area contributed by atoms with Crippen molar-refractivity contribution in [3.63, 3.8) is 0 Å². The van der Waals surface area contributed by atoms with Crippen LogP contribution in [-0.4, -0.2) is 30.3 Å². The van der Waals surface area contributed by atoms with Crippen LogP contribution in [0, 0.1) is 5.92 Å². The van der Waals surface area contributed by atoms with Crippen molar-refractivity contribution in [2.75, 3.05) is 23.6 Å². The van der Waals surface area contributed by atoms with E-state index in [0.717, 1.165) is 0 Å². The lowest BCUT2D eigenvalue weighted by molar-refractivity contribution is -0.122. The van der Waals surface area contributed by atoms with Crippen molar-refractivity contribution in [3.8, 4) is 17.2 Å². The first-order valence-electron chi connectivity index (χ1n) is 7.91. The second kappa shape index (κ2) is 6.01. The van der Waals surface area contributed by atoms with Gasteiger partial charge < -0.3 is 24.8 Å². The molecule has 2 aromatic rings. The number of benzene rings is 2. The molecule has 7 nitrogen and oxygen atoms in total. The van der Waals surface area contributed by atoms with Gasteiger partial charge in [-0.15, -0.1) is 0 Å². The average Bonchev–Trinajstić information content (AvgIpc) is 3.22. The molecule has 2 aliphatic rings. The van der Waals surface area contributed by atoms with Gasteiger partial charge in [0.05, 0.1) is 11.6 Å². The summed E-state index contributed by atoms with van der Waals surface area (Å²) in [5, 5.41) is 12.4. The first-order chi connectivity index (χ1) is 12.1. The third kappa shape index (κ3) is 2.84. The van der Waals surface area contributed by atoms with Gasteiger partial charge in [-0.05, 0) is 24.3 Å². The highest BCUT2D eigenvalue weighted by atomic mass is 16.7. The van der Waals surface area contributed by atoms with Gasteiger partial charge in [0.25, 0.3) is 0 Å². The van der Waals surface area contributed by atoms with E-state index >= 15 is 0 Å². The zero-order chi connectivity index (χ0) is 17.4. The minimum absolute atomic E-state index is 0.00667. The largest absolute Gasteiger partial charge is 0.506 e. The number of nitrogens with zero attached hydrogens (tertiary/aromatic N) is 1. The van der Waals surface area contributed by atoms with Crippen molar-refractivity contribution in [3.05, 3.63) is 42.5 Å². The summed E-state index contributed by atoms with van der Waals surface area (Å²) in [6.07, 6.45) is 0.119. The molecular formula is C18H16N2O5. The number of rotatable bonds is 3. The zero-order valence-corrected chi connectivity index (χ0v) is 13.3. The Hall–Kier alpha value is -3.22. The smallest absolute Gasteiger partial charge is 0.231 e. The summed E-state index contributed by atoms with van der Waals surface area (Å²) in [6, 6.07) is 11.8. The Kier molecular flexibility index (Phi) is 3.68. The maximum atomic E-state index is 12.4. The molecule has 4 rings (SSSR count). The van der Waals surface area contributed by atoms with E-state index in [2.05, 4.69) is 5.32 Å². The van der Waals surface area contributed by atoms with Gasteiger partial charge in [-0.2, -0.15) is 0 Å². The van der Waals surface area contributed by atoms with E-state index in [4.69, 9.17) is 9.47 Å². The number of para-hydroxylation sites is 2. The van der Waals surface area contributed by atoms with Gasteiger partial charge in [-0.1, -0.05) is 12.1 Å². The number of amides is 2. The van der Waals surface area contributed by atoms with Crippen LogP contribution in [0.25, 0.3) is 0 Å². The first kappa shape index (κ1) is 15.3. The lowest BCUT2D eigenvalue weighted by Gasteiger charge is -2.17. The van der Waals surface area contributed by atoms with Gasteiger partial charge in [0.15, 0.2) is 11.5 Å². The Morgan fingerprint density at radius 3 is 2.80 bits per heavy atom. The lowest BCUT2D eigenvalue weighted by atomic mass is 10.1. The number of aromatic hydroxyl groups is 1. The molecule has 2 amide bonds. The normalized spacial score (nSPS) is 18.5. The van der Waals surface area contributed by atoms with E-state index in [9.17, 15) is 14.7 Å².